The van der Waals surface area contributed by atoms with Crippen LogP contribution in [0.2, 0.25) is 5.02 Å². The van der Waals surface area contributed by atoms with Crippen molar-refractivity contribution in [3.8, 4) is 11.3 Å². The highest BCUT2D eigenvalue weighted by Crippen LogP contribution is 2.28. The Morgan fingerprint density at radius 2 is 1.82 bits per heavy atom. The molecule has 0 aliphatic carbocycles. The third-order valence-corrected chi connectivity index (χ3v) is 5.15. The van der Waals surface area contributed by atoms with Crippen molar-refractivity contribution in [2.75, 3.05) is 7.11 Å². The molecule has 4 nitrogen and oxygen atoms in total. The van der Waals surface area contributed by atoms with E-state index in [1.807, 2.05) is 54.6 Å². The normalized spacial score (nSPS) is 10.8. The molecule has 0 aliphatic rings. The van der Waals surface area contributed by atoms with Crippen molar-refractivity contribution in [3.63, 3.8) is 0 Å². The topological polar surface area (TPSA) is 44.1 Å². The maximum absolute atomic E-state index is 12.2. The molecule has 5 heteroatoms. The number of carbonyl (C=O) groups excluding carboxylic acids is 1. The summed E-state index contributed by atoms with van der Waals surface area (Å²) in [6.45, 7) is 2.74. The van der Waals surface area contributed by atoms with Crippen LogP contribution in [-0.2, 0) is 28.9 Å². The number of methoxy groups -OCH3 is 1. The highest BCUT2D eigenvalue weighted by Gasteiger charge is 2.21. The van der Waals surface area contributed by atoms with Crippen LogP contribution in [-0.4, -0.2) is 22.6 Å². The largest absolute Gasteiger partial charge is 0.469 e. The van der Waals surface area contributed by atoms with E-state index in [2.05, 4.69) is 11.5 Å². The molecule has 0 amide bonds. The molecule has 1 aromatic heterocycles. The summed E-state index contributed by atoms with van der Waals surface area (Å²) in [5.41, 5.74) is 3.70. The van der Waals surface area contributed by atoms with E-state index in [4.69, 9.17) is 21.3 Å². The molecule has 1 heterocycles. The van der Waals surface area contributed by atoms with Gasteiger partial charge in [-0.15, -0.1) is 0 Å². The number of imidazole rings is 1. The van der Waals surface area contributed by atoms with Gasteiger partial charge in [0.2, 0.25) is 0 Å². The lowest BCUT2D eigenvalue weighted by Crippen LogP contribution is -2.14. The number of nitrogens with zero attached hydrogens (tertiary/aromatic N) is 2. The van der Waals surface area contributed by atoms with E-state index in [0.29, 0.717) is 11.6 Å². The van der Waals surface area contributed by atoms with Crippen LogP contribution in [0.3, 0.4) is 0 Å². The van der Waals surface area contributed by atoms with E-state index in [1.54, 1.807) is 0 Å². The molecule has 0 atom stereocenters. The number of unbranched alkanes of at least 4 members (excludes halogenated alkanes) is 1. The van der Waals surface area contributed by atoms with E-state index >= 15 is 0 Å². The van der Waals surface area contributed by atoms with E-state index in [9.17, 15) is 4.79 Å². The fourth-order valence-corrected chi connectivity index (χ4v) is 3.46. The summed E-state index contributed by atoms with van der Waals surface area (Å²) in [5.74, 6) is 0.694. The zero-order valence-electron chi connectivity index (χ0n) is 16.3. The van der Waals surface area contributed by atoms with Crippen LogP contribution in [0, 0.1) is 0 Å². The molecule has 146 valence electrons. The van der Waals surface area contributed by atoms with Crippen LogP contribution in [0.4, 0.5) is 0 Å². The number of benzene rings is 2. The Bertz CT molecular complexity index is 935. The SMILES string of the molecule is CCCCc1nc(-c2ccccc2)c(CC(=O)OC)n1Cc1ccccc1Cl. The summed E-state index contributed by atoms with van der Waals surface area (Å²) in [6, 6.07) is 17.8. The number of esters is 1. The van der Waals surface area contributed by atoms with Gasteiger partial charge in [-0.05, 0) is 18.1 Å². The fraction of sp³-hybridized carbons (Fsp3) is 0.304. The minimum atomic E-state index is -0.278. The second-order valence-corrected chi connectivity index (χ2v) is 7.13. The summed E-state index contributed by atoms with van der Waals surface area (Å²) in [6.07, 6.45) is 3.13. The van der Waals surface area contributed by atoms with Crippen molar-refractivity contribution in [3.05, 3.63) is 76.7 Å². The first-order chi connectivity index (χ1) is 13.6. The summed E-state index contributed by atoms with van der Waals surface area (Å²) >= 11 is 6.41. The summed E-state index contributed by atoms with van der Waals surface area (Å²) < 4.78 is 7.09. The number of hydrogen-bond donors (Lipinski definition) is 0. The van der Waals surface area contributed by atoms with Gasteiger partial charge in [0, 0.05) is 17.0 Å². The van der Waals surface area contributed by atoms with Crippen LogP contribution in [0.5, 0.6) is 0 Å². The van der Waals surface area contributed by atoms with Gasteiger partial charge in [-0.2, -0.15) is 0 Å². The smallest absolute Gasteiger partial charge is 0.311 e. The molecule has 0 radical (unpaired) electrons. The summed E-state index contributed by atoms with van der Waals surface area (Å²) in [7, 11) is 1.41. The van der Waals surface area contributed by atoms with Crippen LogP contribution >= 0.6 is 11.6 Å². The van der Waals surface area contributed by atoms with E-state index in [-0.39, 0.29) is 12.4 Å². The Morgan fingerprint density at radius 3 is 2.50 bits per heavy atom. The summed E-state index contributed by atoms with van der Waals surface area (Å²) in [5, 5.41) is 0.711. The van der Waals surface area contributed by atoms with E-state index < -0.39 is 0 Å². The van der Waals surface area contributed by atoms with Gasteiger partial charge >= 0.3 is 5.97 Å². The lowest BCUT2D eigenvalue weighted by atomic mass is 10.1. The Labute approximate surface area is 171 Å². The van der Waals surface area contributed by atoms with Gasteiger partial charge in [-0.25, -0.2) is 4.98 Å². The molecule has 0 spiro atoms. The standard InChI is InChI=1S/C23H25ClN2O2/c1-3-4-14-21-25-23(17-10-6-5-7-11-17)20(15-22(27)28-2)26(21)16-18-12-8-9-13-19(18)24/h5-13H,3-4,14-16H2,1-2H3. The molecular weight excluding hydrogens is 372 g/mol. The number of rotatable bonds is 8. The predicted octanol–water partition coefficient (Wildman–Crippen LogP) is 5.31. The average molecular weight is 397 g/mol. The van der Waals surface area contributed by atoms with Gasteiger partial charge in [-0.1, -0.05) is 73.5 Å². The molecule has 0 bridgehead atoms. The van der Waals surface area contributed by atoms with E-state index in [0.717, 1.165) is 47.6 Å². The zero-order chi connectivity index (χ0) is 19.9. The van der Waals surface area contributed by atoms with Gasteiger partial charge in [0.15, 0.2) is 0 Å². The maximum atomic E-state index is 12.2. The Kier molecular flexibility index (Phi) is 6.88. The quantitative estimate of drug-likeness (QED) is 0.484. The fourth-order valence-electron chi connectivity index (χ4n) is 3.26. The number of carbonyl (C=O) groups is 1. The minimum Gasteiger partial charge on any atom is -0.469 e. The average Bonchev–Trinajstić information content (AvgIpc) is 3.05. The monoisotopic (exact) mass is 396 g/mol. The van der Waals surface area contributed by atoms with Crippen LogP contribution in [0.25, 0.3) is 11.3 Å². The molecule has 0 unspecified atom stereocenters. The lowest BCUT2D eigenvalue weighted by molar-refractivity contribution is -0.139. The maximum Gasteiger partial charge on any atom is 0.311 e. The molecule has 0 saturated carbocycles. The summed E-state index contributed by atoms with van der Waals surface area (Å²) in [4.78, 5) is 17.1. The molecule has 0 aliphatic heterocycles. The first-order valence-electron chi connectivity index (χ1n) is 9.58. The third-order valence-electron chi connectivity index (χ3n) is 4.78. The Morgan fingerprint density at radius 1 is 1.11 bits per heavy atom. The zero-order valence-corrected chi connectivity index (χ0v) is 17.1. The van der Waals surface area contributed by atoms with Crippen molar-refractivity contribution in [1.82, 2.24) is 9.55 Å². The molecule has 0 fully saturated rings. The Balaban J connectivity index is 2.13. The number of ether oxygens (including phenoxy) is 1. The van der Waals surface area contributed by atoms with Gasteiger partial charge in [0.05, 0.1) is 31.5 Å². The molecule has 0 saturated heterocycles. The second-order valence-electron chi connectivity index (χ2n) is 6.72. The van der Waals surface area contributed by atoms with Crippen LogP contribution in [0.1, 0.15) is 36.8 Å². The minimum absolute atomic E-state index is 0.171. The van der Waals surface area contributed by atoms with Gasteiger partial charge in [0.25, 0.3) is 0 Å². The molecular formula is C23H25ClN2O2. The van der Waals surface area contributed by atoms with Crippen molar-refractivity contribution in [2.24, 2.45) is 0 Å². The molecule has 0 N–H and O–H groups in total. The van der Waals surface area contributed by atoms with Gasteiger partial charge in [0.1, 0.15) is 5.82 Å². The number of aryl methyl sites for hydroxylation is 1. The first kappa shape index (κ1) is 20.2. The van der Waals surface area contributed by atoms with Gasteiger partial charge in [-0.3, -0.25) is 4.79 Å². The van der Waals surface area contributed by atoms with Crippen LogP contribution in [0.15, 0.2) is 54.6 Å². The van der Waals surface area contributed by atoms with Crippen molar-refractivity contribution in [1.29, 1.82) is 0 Å². The first-order valence-corrected chi connectivity index (χ1v) is 9.95. The highest BCUT2D eigenvalue weighted by atomic mass is 35.5. The molecule has 3 rings (SSSR count). The van der Waals surface area contributed by atoms with Crippen molar-refractivity contribution >= 4 is 17.6 Å². The van der Waals surface area contributed by atoms with Crippen molar-refractivity contribution < 1.29 is 9.53 Å². The lowest BCUT2D eigenvalue weighted by Gasteiger charge is -2.13. The van der Waals surface area contributed by atoms with Gasteiger partial charge < -0.3 is 9.30 Å². The predicted molar refractivity (Wildman–Crippen MR) is 113 cm³/mol. The van der Waals surface area contributed by atoms with Crippen LogP contribution < -0.4 is 0 Å². The third kappa shape index (κ3) is 4.63. The van der Waals surface area contributed by atoms with Crippen molar-refractivity contribution in [2.45, 2.75) is 39.2 Å². The second kappa shape index (κ2) is 9.56. The van der Waals surface area contributed by atoms with E-state index in [1.165, 1.54) is 7.11 Å². The number of halogens is 1. The molecule has 3 aromatic rings. The number of hydrogen-bond acceptors (Lipinski definition) is 3. The Hall–Kier alpha value is -2.59. The highest BCUT2D eigenvalue weighted by molar-refractivity contribution is 6.31. The molecule has 2 aromatic carbocycles. The number of aromatic nitrogens is 2. The molecule has 28 heavy (non-hydrogen) atoms.